The van der Waals surface area contributed by atoms with E-state index < -0.39 is 13.9 Å². The van der Waals surface area contributed by atoms with Crippen LogP contribution in [0.2, 0.25) is 0 Å². The zero-order valence-corrected chi connectivity index (χ0v) is 31.6. The lowest BCUT2D eigenvalue weighted by Gasteiger charge is -2.19. The standard InChI is InChI=1S/C39H72NO7P/c1-3-5-7-9-11-13-15-17-19-20-22-24-26-28-30-32-39(41)47-38(37-46-48(42,43)45-35-33-40)36-44-34-31-29-27-25-23-21-18-16-14-12-10-8-6-4-2/h5,7,11,13,17,19,31,34,38H,3-4,6,8-10,12,14-16,18,20-30,32-33,35-37,40H2,1-2H3,(H,42,43). The summed E-state index contributed by atoms with van der Waals surface area (Å²) in [7, 11) is -4.29. The van der Waals surface area contributed by atoms with E-state index in [1.807, 2.05) is 6.08 Å². The summed E-state index contributed by atoms with van der Waals surface area (Å²) in [5.74, 6) is -0.371. The van der Waals surface area contributed by atoms with Crippen LogP contribution in [0.5, 0.6) is 0 Å². The van der Waals surface area contributed by atoms with Crippen LogP contribution < -0.4 is 5.73 Å². The molecule has 2 unspecified atom stereocenters. The number of hydrogen-bond donors (Lipinski definition) is 2. The predicted octanol–water partition coefficient (Wildman–Crippen LogP) is 11.2. The van der Waals surface area contributed by atoms with Crippen LogP contribution in [0.1, 0.15) is 162 Å². The van der Waals surface area contributed by atoms with Gasteiger partial charge in [0, 0.05) is 13.0 Å². The highest BCUT2D eigenvalue weighted by Gasteiger charge is 2.25. The van der Waals surface area contributed by atoms with E-state index in [0.29, 0.717) is 0 Å². The Morgan fingerprint density at radius 2 is 1.19 bits per heavy atom. The maximum absolute atomic E-state index is 12.5. The van der Waals surface area contributed by atoms with Gasteiger partial charge in [0.15, 0.2) is 6.10 Å². The van der Waals surface area contributed by atoms with E-state index in [4.69, 9.17) is 24.3 Å². The lowest BCUT2D eigenvalue weighted by Crippen LogP contribution is -2.27. The maximum atomic E-state index is 12.5. The first-order valence-electron chi connectivity index (χ1n) is 19.2. The molecule has 280 valence electrons. The Labute approximate surface area is 294 Å². The summed E-state index contributed by atoms with van der Waals surface area (Å²) in [4.78, 5) is 22.4. The van der Waals surface area contributed by atoms with Crippen molar-refractivity contribution in [2.24, 2.45) is 5.73 Å². The highest BCUT2D eigenvalue weighted by molar-refractivity contribution is 7.47. The van der Waals surface area contributed by atoms with Crippen molar-refractivity contribution >= 4 is 13.8 Å². The Hall–Kier alpha value is -1.70. The molecule has 0 amide bonds. The molecule has 0 rings (SSSR count). The molecule has 0 aromatic heterocycles. The molecule has 0 aliphatic heterocycles. The molecular formula is C39H72NO7P. The summed E-state index contributed by atoms with van der Waals surface area (Å²) in [5.41, 5.74) is 5.34. The van der Waals surface area contributed by atoms with E-state index in [1.165, 1.54) is 70.6 Å². The summed E-state index contributed by atoms with van der Waals surface area (Å²) >= 11 is 0. The second kappa shape index (κ2) is 36.6. The monoisotopic (exact) mass is 698 g/mol. The number of phosphoric ester groups is 1. The van der Waals surface area contributed by atoms with Gasteiger partial charge in [-0.3, -0.25) is 13.8 Å². The highest BCUT2D eigenvalue weighted by atomic mass is 31.2. The third kappa shape index (κ3) is 35.6. The highest BCUT2D eigenvalue weighted by Crippen LogP contribution is 2.43. The van der Waals surface area contributed by atoms with Crippen molar-refractivity contribution in [3.8, 4) is 0 Å². The molecular weight excluding hydrogens is 625 g/mol. The molecule has 0 aromatic carbocycles. The Bertz CT molecular complexity index is 874. The van der Waals surface area contributed by atoms with Crippen molar-refractivity contribution < 1.29 is 32.8 Å². The van der Waals surface area contributed by atoms with Crippen LogP contribution in [-0.2, 0) is 27.9 Å². The quantitative estimate of drug-likeness (QED) is 0.0218. The number of esters is 1. The van der Waals surface area contributed by atoms with E-state index in [9.17, 15) is 14.3 Å². The number of nitrogens with two attached hydrogens (primary N) is 1. The van der Waals surface area contributed by atoms with Crippen LogP contribution in [0.3, 0.4) is 0 Å². The van der Waals surface area contributed by atoms with Gasteiger partial charge in [-0.25, -0.2) is 4.57 Å². The number of unbranched alkanes of at least 4 members (excludes halogenated alkanes) is 17. The molecule has 8 nitrogen and oxygen atoms in total. The first-order chi connectivity index (χ1) is 23.4. The molecule has 0 fully saturated rings. The van der Waals surface area contributed by atoms with Crippen LogP contribution in [0.25, 0.3) is 0 Å². The first-order valence-corrected chi connectivity index (χ1v) is 20.7. The second-order valence-corrected chi connectivity index (χ2v) is 13.9. The van der Waals surface area contributed by atoms with Crippen LogP contribution >= 0.6 is 7.82 Å². The van der Waals surface area contributed by atoms with Gasteiger partial charge in [-0.2, -0.15) is 0 Å². The van der Waals surface area contributed by atoms with Gasteiger partial charge in [-0.15, -0.1) is 0 Å². The third-order valence-electron chi connectivity index (χ3n) is 7.82. The van der Waals surface area contributed by atoms with Crippen LogP contribution in [0, 0.1) is 0 Å². The molecule has 3 N–H and O–H groups in total. The second-order valence-electron chi connectivity index (χ2n) is 12.5. The molecule has 0 saturated carbocycles. The van der Waals surface area contributed by atoms with Crippen LogP contribution in [0.15, 0.2) is 48.8 Å². The van der Waals surface area contributed by atoms with Crippen LogP contribution in [-0.4, -0.2) is 43.3 Å². The molecule has 48 heavy (non-hydrogen) atoms. The molecule has 9 heteroatoms. The number of carbonyl (C=O) groups is 1. The van der Waals surface area contributed by atoms with Gasteiger partial charge in [0.2, 0.25) is 0 Å². The van der Waals surface area contributed by atoms with E-state index in [1.54, 1.807) is 6.26 Å². The largest absolute Gasteiger partial charge is 0.498 e. The maximum Gasteiger partial charge on any atom is 0.472 e. The third-order valence-corrected chi connectivity index (χ3v) is 8.81. The first kappa shape index (κ1) is 46.3. The van der Waals surface area contributed by atoms with Crippen molar-refractivity contribution in [3.63, 3.8) is 0 Å². The summed E-state index contributed by atoms with van der Waals surface area (Å²) in [6, 6.07) is 0. The molecule has 0 saturated heterocycles. The van der Waals surface area contributed by atoms with Crippen molar-refractivity contribution in [1.29, 1.82) is 0 Å². The molecule has 0 aliphatic carbocycles. The average molecular weight is 698 g/mol. The number of carbonyl (C=O) groups excluding carboxylic acids is 1. The minimum absolute atomic E-state index is 0.0246. The SMILES string of the molecule is CCC=CCC=CCC=CCCCCCCCC(=O)OC(COC=CCCCCCCCCCCCCCC)COP(=O)(O)OCCN. The number of phosphoric acid groups is 1. The number of ether oxygens (including phenoxy) is 2. The number of hydrogen-bond acceptors (Lipinski definition) is 7. The Morgan fingerprint density at radius 1 is 0.667 bits per heavy atom. The van der Waals surface area contributed by atoms with Gasteiger partial charge in [0.1, 0.15) is 6.61 Å². The van der Waals surface area contributed by atoms with E-state index in [-0.39, 0.29) is 38.8 Å². The van der Waals surface area contributed by atoms with Crippen molar-refractivity contribution in [3.05, 3.63) is 48.8 Å². The van der Waals surface area contributed by atoms with Crippen molar-refractivity contribution in [2.75, 3.05) is 26.4 Å². The molecule has 0 radical (unpaired) electrons. The lowest BCUT2D eigenvalue weighted by molar-refractivity contribution is -0.153. The Balaban J connectivity index is 4.18. The molecule has 0 aromatic rings. The summed E-state index contributed by atoms with van der Waals surface area (Å²) < 4.78 is 33.0. The zero-order valence-electron chi connectivity index (χ0n) is 30.7. The van der Waals surface area contributed by atoms with Crippen LogP contribution in [0.4, 0.5) is 0 Å². The van der Waals surface area contributed by atoms with Gasteiger partial charge >= 0.3 is 13.8 Å². The van der Waals surface area contributed by atoms with Gasteiger partial charge in [-0.1, -0.05) is 140 Å². The molecule has 0 spiro atoms. The fraction of sp³-hybridized carbons (Fsp3) is 0.769. The average Bonchev–Trinajstić information content (AvgIpc) is 3.07. The fourth-order valence-electron chi connectivity index (χ4n) is 5.03. The van der Waals surface area contributed by atoms with E-state index in [0.717, 1.165) is 70.6 Å². The number of allylic oxidation sites excluding steroid dienone is 7. The Morgan fingerprint density at radius 3 is 1.77 bits per heavy atom. The van der Waals surface area contributed by atoms with E-state index >= 15 is 0 Å². The minimum atomic E-state index is -4.29. The van der Waals surface area contributed by atoms with E-state index in [2.05, 4.69) is 50.3 Å². The molecule has 0 heterocycles. The van der Waals surface area contributed by atoms with Gasteiger partial charge in [-0.05, 0) is 57.4 Å². The smallest absolute Gasteiger partial charge is 0.472 e. The van der Waals surface area contributed by atoms with Gasteiger partial charge in [0.05, 0.1) is 19.5 Å². The Kier molecular flexibility index (Phi) is 35.3. The summed E-state index contributed by atoms with van der Waals surface area (Å²) in [6.07, 6.45) is 42.1. The normalized spacial score (nSPS) is 14.1. The molecule has 0 bridgehead atoms. The fourth-order valence-corrected chi connectivity index (χ4v) is 5.80. The number of rotatable bonds is 36. The summed E-state index contributed by atoms with van der Waals surface area (Å²) in [5, 5.41) is 0. The van der Waals surface area contributed by atoms with Gasteiger partial charge < -0.3 is 20.1 Å². The molecule has 2 atom stereocenters. The molecule has 0 aliphatic rings. The zero-order chi connectivity index (χ0) is 35.2. The van der Waals surface area contributed by atoms with Gasteiger partial charge in [0.25, 0.3) is 0 Å². The summed E-state index contributed by atoms with van der Waals surface area (Å²) in [6.45, 7) is 4.10. The predicted molar refractivity (Wildman–Crippen MR) is 201 cm³/mol. The lowest BCUT2D eigenvalue weighted by atomic mass is 10.0. The van der Waals surface area contributed by atoms with Crippen molar-refractivity contribution in [1.82, 2.24) is 0 Å². The minimum Gasteiger partial charge on any atom is -0.498 e. The topological polar surface area (TPSA) is 117 Å². The van der Waals surface area contributed by atoms with Crippen molar-refractivity contribution in [2.45, 2.75) is 168 Å².